The number of aliphatic hydroxyl groups excluding tert-OH is 1. The van der Waals surface area contributed by atoms with E-state index in [1.54, 1.807) is 0 Å². The third-order valence-electron chi connectivity index (χ3n) is 5.48. The summed E-state index contributed by atoms with van der Waals surface area (Å²) in [6.45, 7) is 2.45. The lowest BCUT2D eigenvalue weighted by Crippen LogP contribution is -2.48. The number of alkyl halides is 2. The molecule has 0 aromatic heterocycles. The second kappa shape index (κ2) is 6.79. The first-order chi connectivity index (χ1) is 10.4. The molecule has 1 aliphatic heterocycles. The summed E-state index contributed by atoms with van der Waals surface area (Å²) in [6.07, 6.45) is 5.03. The minimum atomic E-state index is -2.39. The number of hydrogen-bond acceptors (Lipinski definition) is 4. The Morgan fingerprint density at radius 3 is 2.23 bits per heavy atom. The Bertz CT molecular complexity index is 387. The highest BCUT2D eigenvalue weighted by molar-refractivity contribution is 5.69. The van der Waals surface area contributed by atoms with Crippen LogP contribution >= 0.6 is 0 Å². The van der Waals surface area contributed by atoms with Crippen molar-refractivity contribution in [3.8, 4) is 0 Å². The Hall–Kier alpha value is -0.750. The van der Waals surface area contributed by atoms with Crippen molar-refractivity contribution in [1.29, 1.82) is 0 Å². The molecule has 3 aliphatic rings. The van der Waals surface area contributed by atoms with Crippen molar-refractivity contribution >= 4 is 5.97 Å². The van der Waals surface area contributed by atoms with E-state index in [0.717, 1.165) is 45.9 Å². The number of methoxy groups -OCH3 is 1. The molecule has 4 nitrogen and oxygen atoms in total. The summed E-state index contributed by atoms with van der Waals surface area (Å²) in [5, 5.41) is 7.00. The van der Waals surface area contributed by atoms with Gasteiger partial charge < -0.3 is 14.7 Å². The standard InChI is InChI=1S/C15H23F2NO2.CH4O/c1-20-13(19)6-11-7-14(8-11)2-4-18(5-3-14)10-12-9-15(12,16)17;1-2/h11-12H,2-10H2,1H3;2H,1H3. The largest absolute Gasteiger partial charge is 0.469 e. The number of carbonyl (C=O) groups is 1. The molecule has 3 rings (SSSR count). The number of ether oxygens (including phenoxy) is 1. The smallest absolute Gasteiger partial charge is 0.305 e. The monoisotopic (exact) mass is 319 g/mol. The number of likely N-dealkylation sites (tertiary alicyclic amines) is 1. The predicted octanol–water partition coefficient (Wildman–Crippen LogP) is 2.31. The van der Waals surface area contributed by atoms with Crippen molar-refractivity contribution in [2.75, 3.05) is 33.9 Å². The van der Waals surface area contributed by atoms with Gasteiger partial charge in [-0.1, -0.05) is 0 Å². The molecule has 0 aromatic rings. The van der Waals surface area contributed by atoms with Crippen LogP contribution in [0.25, 0.3) is 0 Å². The molecule has 22 heavy (non-hydrogen) atoms. The van der Waals surface area contributed by atoms with Gasteiger partial charge in [-0.15, -0.1) is 0 Å². The van der Waals surface area contributed by atoms with Crippen LogP contribution in [0.15, 0.2) is 0 Å². The first-order valence-electron chi connectivity index (χ1n) is 8.04. The van der Waals surface area contributed by atoms with Gasteiger partial charge in [-0.2, -0.15) is 0 Å². The molecule has 0 aromatic carbocycles. The molecule has 3 fully saturated rings. The summed E-state index contributed by atoms with van der Waals surface area (Å²) in [7, 11) is 2.43. The summed E-state index contributed by atoms with van der Waals surface area (Å²) in [4.78, 5) is 13.4. The number of nitrogens with zero attached hydrogens (tertiary/aromatic N) is 1. The lowest BCUT2D eigenvalue weighted by Gasteiger charge is -2.52. The van der Waals surface area contributed by atoms with Crippen LogP contribution in [0, 0.1) is 17.3 Å². The fourth-order valence-corrected chi connectivity index (χ4v) is 4.03. The second-order valence-electron chi connectivity index (χ2n) is 7.02. The minimum Gasteiger partial charge on any atom is -0.469 e. The van der Waals surface area contributed by atoms with Crippen molar-refractivity contribution in [2.24, 2.45) is 17.3 Å². The van der Waals surface area contributed by atoms with E-state index >= 15 is 0 Å². The average Bonchev–Trinajstić information content (AvgIpc) is 3.08. The molecule has 1 N–H and O–H groups in total. The van der Waals surface area contributed by atoms with E-state index in [9.17, 15) is 13.6 Å². The van der Waals surface area contributed by atoms with Crippen molar-refractivity contribution in [3.63, 3.8) is 0 Å². The Morgan fingerprint density at radius 2 is 1.77 bits per heavy atom. The van der Waals surface area contributed by atoms with Crippen LogP contribution in [-0.2, 0) is 9.53 Å². The zero-order valence-electron chi connectivity index (χ0n) is 13.5. The molecule has 2 saturated carbocycles. The first-order valence-corrected chi connectivity index (χ1v) is 8.04. The van der Waals surface area contributed by atoms with Crippen molar-refractivity contribution < 1.29 is 23.4 Å². The van der Waals surface area contributed by atoms with Gasteiger partial charge in [0.05, 0.1) is 7.11 Å². The van der Waals surface area contributed by atoms with Crippen LogP contribution in [-0.4, -0.2) is 55.8 Å². The number of carbonyl (C=O) groups excluding carboxylic acids is 1. The zero-order valence-corrected chi connectivity index (χ0v) is 13.5. The number of halogens is 2. The van der Waals surface area contributed by atoms with E-state index in [0.29, 0.717) is 24.3 Å². The molecule has 0 bridgehead atoms. The van der Waals surface area contributed by atoms with E-state index in [4.69, 9.17) is 9.84 Å². The molecule has 6 heteroatoms. The van der Waals surface area contributed by atoms with Gasteiger partial charge in [-0.05, 0) is 50.1 Å². The molecule has 1 heterocycles. The van der Waals surface area contributed by atoms with Gasteiger partial charge in [-0.25, -0.2) is 8.78 Å². The van der Waals surface area contributed by atoms with Crippen LogP contribution < -0.4 is 0 Å². The molecule has 1 saturated heterocycles. The highest BCUT2D eigenvalue weighted by Gasteiger charge is 2.57. The molecule has 2 aliphatic carbocycles. The Morgan fingerprint density at radius 1 is 1.23 bits per heavy atom. The van der Waals surface area contributed by atoms with Gasteiger partial charge in [0.2, 0.25) is 0 Å². The van der Waals surface area contributed by atoms with E-state index in [2.05, 4.69) is 4.90 Å². The number of esters is 1. The summed E-state index contributed by atoms with van der Waals surface area (Å²) in [5.74, 6) is -2.43. The van der Waals surface area contributed by atoms with Gasteiger partial charge in [0, 0.05) is 32.4 Å². The topological polar surface area (TPSA) is 49.8 Å². The lowest BCUT2D eigenvalue weighted by molar-refractivity contribution is -0.144. The molecule has 1 unspecified atom stereocenters. The highest BCUT2D eigenvalue weighted by Crippen LogP contribution is 2.54. The van der Waals surface area contributed by atoms with Crippen molar-refractivity contribution in [1.82, 2.24) is 4.90 Å². The van der Waals surface area contributed by atoms with E-state index in [-0.39, 0.29) is 12.4 Å². The third-order valence-corrected chi connectivity index (χ3v) is 5.48. The van der Waals surface area contributed by atoms with Crippen LogP contribution in [0.3, 0.4) is 0 Å². The summed E-state index contributed by atoms with van der Waals surface area (Å²) >= 11 is 0. The highest BCUT2D eigenvalue weighted by atomic mass is 19.3. The number of piperidine rings is 1. The second-order valence-corrected chi connectivity index (χ2v) is 7.02. The quantitative estimate of drug-likeness (QED) is 0.808. The maximum Gasteiger partial charge on any atom is 0.305 e. The zero-order chi connectivity index (χ0) is 16.4. The molecular formula is C16H27F2NO3. The number of hydrogen-bond donors (Lipinski definition) is 1. The van der Waals surface area contributed by atoms with Gasteiger partial charge in [0.25, 0.3) is 5.92 Å². The maximum absolute atomic E-state index is 12.9. The van der Waals surface area contributed by atoms with Crippen LogP contribution in [0.4, 0.5) is 8.78 Å². The fraction of sp³-hybridized carbons (Fsp3) is 0.938. The minimum absolute atomic E-state index is 0.0792. The summed E-state index contributed by atoms with van der Waals surface area (Å²) < 4.78 is 30.5. The van der Waals surface area contributed by atoms with Crippen molar-refractivity contribution in [3.05, 3.63) is 0 Å². The van der Waals surface area contributed by atoms with Crippen molar-refractivity contribution in [2.45, 2.75) is 44.4 Å². The van der Waals surface area contributed by atoms with Crippen LogP contribution in [0.2, 0.25) is 0 Å². The maximum atomic E-state index is 12.9. The first kappa shape index (κ1) is 17.6. The van der Waals surface area contributed by atoms with Crippen LogP contribution in [0.1, 0.15) is 38.5 Å². The van der Waals surface area contributed by atoms with E-state index < -0.39 is 11.8 Å². The summed E-state index contributed by atoms with van der Waals surface area (Å²) in [5.41, 5.74) is 0.390. The number of rotatable bonds is 4. The Kier molecular flexibility index (Phi) is 5.43. The Balaban J connectivity index is 0.000000847. The molecular weight excluding hydrogens is 292 g/mol. The van der Waals surface area contributed by atoms with Gasteiger partial charge in [0.15, 0.2) is 0 Å². The van der Waals surface area contributed by atoms with Gasteiger partial charge >= 0.3 is 5.97 Å². The Labute approximate surface area is 130 Å². The van der Waals surface area contributed by atoms with E-state index in [1.807, 2.05) is 0 Å². The lowest BCUT2D eigenvalue weighted by atomic mass is 9.57. The molecule has 128 valence electrons. The average molecular weight is 319 g/mol. The van der Waals surface area contributed by atoms with Gasteiger partial charge in [-0.3, -0.25) is 4.79 Å². The van der Waals surface area contributed by atoms with Crippen LogP contribution in [0.5, 0.6) is 0 Å². The third kappa shape index (κ3) is 3.96. The molecule has 0 radical (unpaired) electrons. The van der Waals surface area contributed by atoms with E-state index in [1.165, 1.54) is 7.11 Å². The molecule has 1 spiro atoms. The SMILES string of the molecule is CO.COC(=O)CC1CC2(CCN(CC3CC3(F)F)CC2)C1. The fourth-order valence-electron chi connectivity index (χ4n) is 4.03. The van der Waals surface area contributed by atoms with Gasteiger partial charge in [0.1, 0.15) is 0 Å². The normalized spacial score (nSPS) is 29.2. The predicted molar refractivity (Wildman–Crippen MR) is 78.7 cm³/mol. The molecule has 1 atom stereocenters. The number of aliphatic hydroxyl groups is 1. The molecule has 0 amide bonds. The summed E-state index contributed by atoms with van der Waals surface area (Å²) in [6, 6.07) is 0.